The van der Waals surface area contributed by atoms with E-state index in [1.165, 1.54) is 0 Å². The monoisotopic (exact) mass is 363 g/mol. The van der Waals surface area contributed by atoms with Gasteiger partial charge < -0.3 is 19.9 Å². The lowest BCUT2D eigenvalue weighted by molar-refractivity contribution is 0.102. The number of ether oxygens (including phenoxy) is 1. The number of rotatable bonds is 4. The van der Waals surface area contributed by atoms with Crippen LogP contribution in [0.15, 0.2) is 48.9 Å². The maximum Gasteiger partial charge on any atom is 0.257 e. The highest BCUT2D eigenvalue weighted by atomic mass is 16.5. The molecule has 1 aromatic carbocycles. The average molecular weight is 363 g/mol. The first kappa shape index (κ1) is 17.2. The number of morpholine rings is 1. The van der Waals surface area contributed by atoms with E-state index in [9.17, 15) is 4.79 Å². The second-order valence-electron chi connectivity index (χ2n) is 6.43. The largest absolute Gasteiger partial charge is 0.378 e. The number of hydrogen-bond acceptors (Lipinski definition) is 5. The molecule has 0 atom stereocenters. The van der Waals surface area contributed by atoms with Crippen molar-refractivity contribution in [2.75, 3.05) is 36.5 Å². The fourth-order valence-electron chi connectivity index (χ4n) is 3.02. The Morgan fingerprint density at radius 2 is 2.04 bits per heavy atom. The minimum absolute atomic E-state index is 0.185. The maximum absolute atomic E-state index is 12.6. The number of carbonyl (C=O) groups excluding carboxylic acids is 1. The van der Waals surface area contributed by atoms with Gasteiger partial charge in [0.25, 0.3) is 5.91 Å². The first-order valence-electron chi connectivity index (χ1n) is 8.91. The first-order chi connectivity index (χ1) is 13.2. The van der Waals surface area contributed by atoms with Gasteiger partial charge in [0.15, 0.2) is 0 Å². The SMILES string of the molecule is Cc1ccc(-c2ncc[nH]2)cc1NC(=O)c1ccc(N2CCOCC2)nc1. The number of amides is 1. The van der Waals surface area contributed by atoms with E-state index >= 15 is 0 Å². The van der Waals surface area contributed by atoms with E-state index in [4.69, 9.17) is 4.74 Å². The van der Waals surface area contributed by atoms with E-state index in [1.54, 1.807) is 24.7 Å². The number of aryl methyl sites for hydroxylation is 1. The summed E-state index contributed by atoms with van der Waals surface area (Å²) in [6.07, 6.45) is 5.09. The number of H-pyrrole nitrogens is 1. The molecule has 1 fully saturated rings. The van der Waals surface area contributed by atoms with Crippen molar-refractivity contribution in [3.05, 3.63) is 60.0 Å². The number of carbonyl (C=O) groups is 1. The van der Waals surface area contributed by atoms with Gasteiger partial charge in [0, 0.05) is 42.9 Å². The molecule has 0 bridgehead atoms. The molecule has 2 aromatic heterocycles. The fourth-order valence-corrected chi connectivity index (χ4v) is 3.02. The molecule has 7 heteroatoms. The minimum atomic E-state index is -0.185. The predicted octanol–water partition coefficient (Wildman–Crippen LogP) is 2.87. The summed E-state index contributed by atoms with van der Waals surface area (Å²) in [6.45, 7) is 5.00. The van der Waals surface area contributed by atoms with Gasteiger partial charge in [0.1, 0.15) is 11.6 Å². The molecule has 1 aliphatic rings. The highest BCUT2D eigenvalue weighted by Gasteiger charge is 2.14. The predicted molar refractivity (Wildman–Crippen MR) is 104 cm³/mol. The molecule has 2 N–H and O–H groups in total. The standard InChI is InChI=1S/C20H21N5O2/c1-14-2-3-15(19-21-6-7-22-19)12-17(14)24-20(26)16-4-5-18(23-13-16)25-8-10-27-11-9-25/h2-7,12-13H,8-11H2,1H3,(H,21,22)(H,24,26). The molecule has 0 unspecified atom stereocenters. The highest BCUT2D eigenvalue weighted by Crippen LogP contribution is 2.23. The molecule has 0 spiro atoms. The van der Waals surface area contributed by atoms with Gasteiger partial charge in [-0.25, -0.2) is 9.97 Å². The molecule has 0 saturated carbocycles. The molecule has 4 rings (SSSR count). The van der Waals surface area contributed by atoms with Crippen LogP contribution in [0.3, 0.4) is 0 Å². The lowest BCUT2D eigenvalue weighted by Gasteiger charge is -2.27. The van der Waals surface area contributed by atoms with Gasteiger partial charge in [-0.05, 0) is 30.7 Å². The van der Waals surface area contributed by atoms with Gasteiger partial charge in [-0.3, -0.25) is 4.79 Å². The Morgan fingerprint density at radius 3 is 2.74 bits per heavy atom. The van der Waals surface area contributed by atoms with Crippen LogP contribution in [0, 0.1) is 6.92 Å². The van der Waals surface area contributed by atoms with Crippen LogP contribution in [0.2, 0.25) is 0 Å². The summed E-state index contributed by atoms with van der Waals surface area (Å²) in [7, 11) is 0. The molecule has 1 saturated heterocycles. The van der Waals surface area contributed by atoms with E-state index in [0.717, 1.165) is 41.5 Å². The van der Waals surface area contributed by atoms with E-state index in [-0.39, 0.29) is 5.91 Å². The quantitative estimate of drug-likeness (QED) is 0.745. The van der Waals surface area contributed by atoms with Crippen LogP contribution in [-0.4, -0.2) is 47.2 Å². The number of benzene rings is 1. The Bertz CT molecular complexity index is 916. The smallest absolute Gasteiger partial charge is 0.257 e. The van der Waals surface area contributed by atoms with Crippen LogP contribution in [0.1, 0.15) is 15.9 Å². The Hall–Kier alpha value is -3.19. The third-order valence-corrected chi connectivity index (χ3v) is 4.60. The molecule has 3 aromatic rings. The summed E-state index contributed by atoms with van der Waals surface area (Å²) in [4.78, 5) is 26.6. The molecular formula is C20H21N5O2. The second kappa shape index (κ2) is 7.59. The van der Waals surface area contributed by atoms with Crippen molar-refractivity contribution in [1.82, 2.24) is 15.0 Å². The molecule has 1 aliphatic heterocycles. The third-order valence-electron chi connectivity index (χ3n) is 4.60. The summed E-state index contributed by atoms with van der Waals surface area (Å²) >= 11 is 0. The number of hydrogen-bond donors (Lipinski definition) is 2. The van der Waals surface area contributed by atoms with Gasteiger partial charge in [0.05, 0.1) is 18.8 Å². The zero-order chi connectivity index (χ0) is 18.6. The van der Waals surface area contributed by atoms with Crippen molar-refractivity contribution in [3.8, 4) is 11.4 Å². The third kappa shape index (κ3) is 3.83. The number of pyridine rings is 1. The van der Waals surface area contributed by atoms with E-state index in [1.807, 2.05) is 31.2 Å². The van der Waals surface area contributed by atoms with Crippen LogP contribution >= 0.6 is 0 Å². The summed E-state index contributed by atoms with van der Waals surface area (Å²) < 4.78 is 5.36. The normalized spacial score (nSPS) is 14.2. The average Bonchev–Trinajstić information content (AvgIpc) is 3.25. The topological polar surface area (TPSA) is 83.1 Å². The van der Waals surface area contributed by atoms with Crippen LogP contribution in [-0.2, 0) is 4.74 Å². The number of anilines is 2. The number of nitrogens with zero attached hydrogens (tertiary/aromatic N) is 3. The van der Waals surface area contributed by atoms with Crippen LogP contribution < -0.4 is 10.2 Å². The second-order valence-corrected chi connectivity index (χ2v) is 6.43. The van der Waals surface area contributed by atoms with Crippen molar-refractivity contribution >= 4 is 17.4 Å². The lowest BCUT2D eigenvalue weighted by Crippen LogP contribution is -2.36. The molecule has 27 heavy (non-hydrogen) atoms. The Balaban J connectivity index is 1.49. The van der Waals surface area contributed by atoms with Crippen molar-refractivity contribution < 1.29 is 9.53 Å². The zero-order valence-electron chi connectivity index (χ0n) is 15.1. The van der Waals surface area contributed by atoms with E-state index in [0.29, 0.717) is 18.8 Å². The summed E-state index contributed by atoms with van der Waals surface area (Å²) in [6, 6.07) is 9.54. The van der Waals surface area contributed by atoms with Gasteiger partial charge in [-0.1, -0.05) is 12.1 Å². The highest BCUT2D eigenvalue weighted by molar-refractivity contribution is 6.04. The molecule has 0 radical (unpaired) electrons. The zero-order valence-corrected chi connectivity index (χ0v) is 15.1. The number of aromatic amines is 1. The minimum Gasteiger partial charge on any atom is -0.378 e. The lowest BCUT2D eigenvalue weighted by atomic mass is 10.1. The molecule has 3 heterocycles. The van der Waals surface area contributed by atoms with Gasteiger partial charge >= 0.3 is 0 Å². The fraction of sp³-hybridized carbons (Fsp3) is 0.250. The molecule has 0 aliphatic carbocycles. The summed E-state index contributed by atoms with van der Waals surface area (Å²) in [5.41, 5.74) is 3.18. The maximum atomic E-state index is 12.6. The van der Waals surface area contributed by atoms with Gasteiger partial charge in [0.2, 0.25) is 0 Å². The molecular weight excluding hydrogens is 342 g/mol. The van der Waals surface area contributed by atoms with Crippen molar-refractivity contribution in [1.29, 1.82) is 0 Å². The van der Waals surface area contributed by atoms with E-state index < -0.39 is 0 Å². The number of nitrogens with one attached hydrogen (secondary N) is 2. The summed E-state index contributed by atoms with van der Waals surface area (Å²) in [5.74, 6) is 1.45. The number of aromatic nitrogens is 3. The van der Waals surface area contributed by atoms with Gasteiger partial charge in [-0.2, -0.15) is 0 Å². The van der Waals surface area contributed by atoms with Crippen molar-refractivity contribution in [2.45, 2.75) is 6.92 Å². The van der Waals surface area contributed by atoms with Gasteiger partial charge in [-0.15, -0.1) is 0 Å². The molecule has 138 valence electrons. The number of imidazole rings is 1. The van der Waals surface area contributed by atoms with Crippen LogP contribution in [0.5, 0.6) is 0 Å². The summed E-state index contributed by atoms with van der Waals surface area (Å²) in [5, 5.41) is 2.97. The Labute approximate surface area is 157 Å². The molecule has 7 nitrogen and oxygen atoms in total. The van der Waals surface area contributed by atoms with Crippen LogP contribution in [0.4, 0.5) is 11.5 Å². The molecule has 1 amide bonds. The van der Waals surface area contributed by atoms with E-state index in [2.05, 4.69) is 25.2 Å². The van der Waals surface area contributed by atoms with Crippen LogP contribution in [0.25, 0.3) is 11.4 Å². The Kier molecular flexibility index (Phi) is 4.84. The van der Waals surface area contributed by atoms with Crippen molar-refractivity contribution in [2.24, 2.45) is 0 Å². The first-order valence-corrected chi connectivity index (χ1v) is 8.91. The Morgan fingerprint density at radius 1 is 1.19 bits per heavy atom. The van der Waals surface area contributed by atoms with Crippen molar-refractivity contribution in [3.63, 3.8) is 0 Å².